The molecule has 0 saturated carbocycles. The van der Waals surface area contributed by atoms with E-state index in [9.17, 15) is 4.79 Å². The molecular weight excluding hydrogens is 320 g/mol. The van der Waals surface area contributed by atoms with Gasteiger partial charge in [0.05, 0.1) is 0 Å². The molecule has 1 unspecified atom stereocenters. The fraction of sp³-hybridized carbons (Fsp3) is 0.222. The molecule has 1 N–H and O–H groups in total. The van der Waals surface area contributed by atoms with Crippen LogP contribution in [-0.4, -0.2) is 36.3 Å². The van der Waals surface area contributed by atoms with Crippen molar-refractivity contribution in [3.05, 3.63) is 70.7 Å². The van der Waals surface area contributed by atoms with Gasteiger partial charge < -0.3 is 10.2 Å². The third kappa shape index (κ3) is 3.65. The lowest BCUT2D eigenvalue weighted by molar-refractivity contribution is 0.0949. The second-order valence-electron chi connectivity index (χ2n) is 5.67. The minimum Gasteiger partial charge on any atom is -0.378 e. The molecule has 2 heterocycles. The average molecular weight is 340 g/mol. The van der Waals surface area contributed by atoms with Crippen molar-refractivity contribution in [2.24, 2.45) is 0 Å². The van der Waals surface area contributed by atoms with Crippen molar-refractivity contribution in [1.82, 2.24) is 15.1 Å². The molecule has 0 radical (unpaired) electrons. The molecule has 1 atom stereocenters. The van der Waals surface area contributed by atoms with Crippen LogP contribution in [0.4, 0.5) is 5.69 Å². The summed E-state index contributed by atoms with van der Waals surface area (Å²) in [5, 5.41) is 9.37. The van der Waals surface area contributed by atoms with Gasteiger partial charge in [0.1, 0.15) is 6.04 Å². The maximum absolute atomic E-state index is 12.4. The molecule has 1 aromatic carbocycles. The van der Waals surface area contributed by atoms with E-state index in [1.807, 2.05) is 71.7 Å². The quantitative estimate of drug-likeness (QED) is 0.750. The molecule has 0 saturated heterocycles. The van der Waals surface area contributed by atoms with E-state index in [1.165, 1.54) is 4.88 Å². The Morgan fingerprint density at radius 3 is 2.62 bits per heavy atom. The number of aromatic nitrogens is 2. The van der Waals surface area contributed by atoms with Crippen LogP contribution in [-0.2, 0) is 0 Å². The third-order valence-corrected chi connectivity index (χ3v) is 4.79. The molecule has 0 spiro atoms. The number of nitrogens with one attached hydrogen (secondary N) is 1. The van der Waals surface area contributed by atoms with Gasteiger partial charge in [0.25, 0.3) is 5.91 Å². The number of anilines is 1. The lowest BCUT2D eigenvalue weighted by Crippen LogP contribution is -2.31. The highest BCUT2D eigenvalue weighted by Gasteiger charge is 2.17. The highest BCUT2D eigenvalue weighted by molar-refractivity contribution is 7.10. The maximum atomic E-state index is 12.4. The molecule has 0 aliphatic rings. The number of amides is 1. The number of benzene rings is 1. The molecule has 6 heteroatoms. The van der Waals surface area contributed by atoms with E-state index >= 15 is 0 Å². The highest BCUT2D eigenvalue weighted by atomic mass is 32.1. The summed E-state index contributed by atoms with van der Waals surface area (Å²) in [6.07, 6.45) is 3.67. The van der Waals surface area contributed by atoms with Gasteiger partial charge in [-0.25, -0.2) is 0 Å². The molecule has 3 rings (SSSR count). The molecule has 5 nitrogen and oxygen atoms in total. The van der Waals surface area contributed by atoms with Crippen LogP contribution >= 0.6 is 11.3 Å². The Hall–Kier alpha value is -2.60. The van der Waals surface area contributed by atoms with Gasteiger partial charge in [-0.05, 0) is 41.8 Å². The lowest BCUT2D eigenvalue weighted by atomic mass is 10.1. The fourth-order valence-electron chi connectivity index (χ4n) is 2.47. The van der Waals surface area contributed by atoms with E-state index in [0.29, 0.717) is 12.1 Å². The van der Waals surface area contributed by atoms with Crippen molar-refractivity contribution in [3.8, 4) is 0 Å². The van der Waals surface area contributed by atoms with Gasteiger partial charge in [0.2, 0.25) is 0 Å². The van der Waals surface area contributed by atoms with Gasteiger partial charge in [-0.3, -0.25) is 9.48 Å². The fourth-order valence-corrected chi connectivity index (χ4v) is 3.29. The first kappa shape index (κ1) is 16.3. The SMILES string of the molecule is CN(C)c1ccc(C(=O)NCC(c2cccs2)n2cccn2)cc1. The smallest absolute Gasteiger partial charge is 0.251 e. The molecular formula is C18H20N4OS. The molecule has 24 heavy (non-hydrogen) atoms. The third-order valence-electron chi connectivity index (χ3n) is 3.82. The second kappa shape index (κ2) is 7.31. The first-order valence-corrected chi connectivity index (χ1v) is 8.61. The van der Waals surface area contributed by atoms with Crippen molar-refractivity contribution in [2.75, 3.05) is 25.5 Å². The number of nitrogens with zero attached hydrogens (tertiary/aromatic N) is 3. The standard InChI is InChI=1S/C18H20N4OS/c1-21(2)15-8-6-14(7-9-15)18(23)19-13-16(17-5-3-12-24-17)22-11-4-10-20-22/h3-12,16H,13H2,1-2H3,(H,19,23). The zero-order valence-corrected chi connectivity index (χ0v) is 14.5. The first-order chi connectivity index (χ1) is 11.6. The number of thiophene rings is 1. The summed E-state index contributed by atoms with van der Waals surface area (Å²) < 4.78 is 1.88. The number of carbonyl (C=O) groups excluding carboxylic acids is 1. The monoisotopic (exact) mass is 340 g/mol. The molecule has 124 valence electrons. The van der Waals surface area contributed by atoms with E-state index in [0.717, 1.165) is 5.69 Å². The molecule has 0 bridgehead atoms. The van der Waals surface area contributed by atoms with Crippen LogP contribution in [0.2, 0.25) is 0 Å². The van der Waals surface area contributed by atoms with Crippen molar-refractivity contribution in [2.45, 2.75) is 6.04 Å². The largest absolute Gasteiger partial charge is 0.378 e. The summed E-state index contributed by atoms with van der Waals surface area (Å²) in [5.41, 5.74) is 1.73. The van der Waals surface area contributed by atoms with E-state index in [1.54, 1.807) is 17.5 Å². The summed E-state index contributed by atoms with van der Waals surface area (Å²) in [5.74, 6) is -0.0750. The zero-order valence-electron chi connectivity index (χ0n) is 13.7. The topological polar surface area (TPSA) is 50.2 Å². The maximum Gasteiger partial charge on any atom is 0.251 e. The molecule has 1 amide bonds. The van der Waals surface area contributed by atoms with E-state index in [4.69, 9.17) is 0 Å². The molecule has 0 fully saturated rings. The highest BCUT2D eigenvalue weighted by Crippen LogP contribution is 2.22. The molecule has 3 aromatic rings. The first-order valence-electron chi connectivity index (χ1n) is 7.73. The molecule has 0 aliphatic carbocycles. The summed E-state index contributed by atoms with van der Waals surface area (Å²) in [6.45, 7) is 0.496. The van der Waals surface area contributed by atoms with Crippen molar-refractivity contribution in [1.29, 1.82) is 0 Å². The van der Waals surface area contributed by atoms with Crippen LogP contribution in [0.15, 0.2) is 60.2 Å². The van der Waals surface area contributed by atoms with E-state index in [-0.39, 0.29) is 11.9 Å². The second-order valence-corrected chi connectivity index (χ2v) is 6.65. The van der Waals surface area contributed by atoms with Gasteiger partial charge in [-0.1, -0.05) is 6.07 Å². The lowest BCUT2D eigenvalue weighted by Gasteiger charge is -2.17. The number of hydrogen-bond donors (Lipinski definition) is 1. The Kier molecular flexibility index (Phi) is 4.96. The summed E-state index contributed by atoms with van der Waals surface area (Å²) >= 11 is 1.66. The van der Waals surface area contributed by atoms with Crippen LogP contribution in [0, 0.1) is 0 Å². The van der Waals surface area contributed by atoms with E-state index in [2.05, 4.69) is 16.5 Å². The van der Waals surface area contributed by atoms with Crippen LogP contribution < -0.4 is 10.2 Å². The van der Waals surface area contributed by atoms with Gasteiger partial charge in [0, 0.05) is 49.2 Å². The van der Waals surface area contributed by atoms with Gasteiger partial charge in [0.15, 0.2) is 0 Å². The molecule has 0 aliphatic heterocycles. The predicted octanol–water partition coefficient (Wildman–Crippen LogP) is 3.03. The molecule has 2 aromatic heterocycles. The Balaban J connectivity index is 1.69. The Labute approximate surface area is 145 Å². The van der Waals surface area contributed by atoms with Crippen molar-refractivity contribution in [3.63, 3.8) is 0 Å². The Morgan fingerprint density at radius 1 is 1.25 bits per heavy atom. The Bertz CT molecular complexity index is 730. The Morgan fingerprint density at radius 2 is 2.04 bits per heavy atom. The minimum absolute atomic E-state index is 0.00463. The van der Waals surface area contributed by atoms with Crippen LogP contribution in [0.1, 0.15) is 21.3 Å². The van der Waals surface area contributed by atoms with E-state index < -0.39 is 0 Å². The normalized spacial score (nSPS) is 11.9. The van der Waals surface area contributed by atoms with Gasteiger partial charge in [-0.15, -0.1) is 11.3 Å². The zero-order chi connectivity index (χ0) is 16.9. The summed E-state index contributed by atoms with van der Waals surface area (Å²) in [7, 11) is 3.95. The van der Waals surface area contributed by atoms with Gasteiger partial charge >= 0.3 is 0 Å². The van der Waals surface area contributed by atoms with Crippen molar-refractivity contribution < 1.29 is 4.79 Å². The average Bonchev–Trinajstić information content (AvgIpc) is 3.29. The number of hydrogen-bond acceptors (Lipinski definition) is 4. The number of carbonyl (C=O) groups is 1. The number of rotatable bonds is 6. The van der Waals surface area contributed by atoms with Crippen LogP contribution in [0.3, 0.4) is 0 Å². The van der Waals surface area contributed by atoms with Crippen molar-refractivity contribution >= 4 is 22.9 Å². The summed E-state index contributed by atoms with van der Waals surface area (Å²) in [4.78, 5) is 15.6. The summed E-state index contributed by atoms with van der Waals surface area (Å²) in [6, 6.07) is 13.6. The predicted molar refractivity (Wildman–Crippen MR) is 97.8 cm³/mol. The van der Waals surface area contributed by atoms with Crippen LogP contribution in [0.25, 0.3) is 0 Å². The van der Waals surface area contributed by atoms with Crippen LogP contribution in [0.5, 0.6) is 0 Å². The van der Waals surface area contributed by atoms with Gasteiger partial charge in [-0.2, -0.15) is 5.10 Å². The minimum atomic E-state index is -0.0750.